The van der Waals surface area contributed by atoms with Gasteiger partial charge in [-0.1, -0.05) is 27.7 Å². The van der Waals surface area contributed by atoms with Crippen LogP contribution in [-0.2, 0) is 11.2 Å². The third-order valence-electron chi connectivity index (χ3n) is 3.29. The highest BCUT2D eigenvalue weighted by Crippen LogP contribution is 2.33. The lowest BCUT2D eigenvalue weighted by Crippen LogP contribution is -2.07. The molecular formula is C17H17NO4S2. The van der Waals surface area contributed by atoms with Crippen LogP contribution in [0.3, 0.4) is 0 Å². The maximum Gasteiger partial charge on any atom is 0.339 e. The number of nitrogens with zero attached hydrogens (tertiary/aromatic N) is 1. The minimum absolute atomic E-state index is 0.307. The number of hydrogen-bond donors (Lipinski definition) is 0. The number of pyridine rings is 1. The van der Waals surface area contributed by atoms with Gasteiger partial charge in [-0.2, -0.15) is 0 Å². The molecule has 3 rings (SSSR count). The van der Waals surface area contributed by atoms with Crippen molar-refractivity contribution in [3.8, 4) is 11.5 Å². The summed E-state index contributed by atoms with van der Waals surface area (Å²) < 4.78 is 15.9. The van der Waals surface area contributed by atoms with Crippen LogP contribution in [0.1, 0.15) is 15.9 Å². The lowest BCUT2D eigenvalue weighted by Gasteiger charge is -2.05. The molecule has 0 N–H and O–H groups in total. The first-order valence-electron chi connectivity index (χ1n) is 7.53. The molecule has 1 aliphatic heterocycles. The van der Waals surface area contributed by atoms with Gasteiger partial charge in [0, 0.05) is 23.9 Å². The molecule has 2 heterocycles. The molecule has 0 fully saturated rings. The van der Waals surface area contributed by atoms with Crippen LogP contribution in [0.5, 0.6) is 11.5 Å². The molecule has 24 heavy (non-hydrogen) atoms. The summed E-state index contributed by atoms with van der Waals surface area (Å²) in [4.78, 5) is 15.6. The predicted molar refractivity (Wildman–Crippen MR) is 95.7 cm³/mol. The highest BCUT2D eigenvalue weighted by molar-refractivity contribution is 8.76. The molecule has 0 saturated carbocycles. The zero-order valence-electron chi connectivity index (χ0n) is 13.0. The van der Waals surface area contributed by atoms with Gasteiger partial charge in [-0.25, -0.2) is 4.79 Å². The molecule has 1 aliphatic rings. The van der Waals surface area contributed by atoms with E-state index < -0.39 is 0 Å². The molecule has 0 atom stereocenters. The second-order valence-electron chi connectivity index (χ2n) is 4.96. The molecule has 1 aromatic heterocycles. The Morgan fingerprint density at radius 1 is 1.17 bits per heavy atom. The second-order valence-corrected chi connectivity index (χ2v) is 7.66. The van der Waals surface area contributed by atoms with Crippen LogP contribution in [0.15, 0.2) is 42.7 Å². The normalized spacial score (nSPS) is 12.2. The second kappa shape index (κ2) is 8.84. The van der Waals surface area contributed by atoms with Crippen molar-refractivity contribution in [2.45, 2.75) is 6.42 Å². The Labute approximate surface area is 148 Å². The van der Waals surface area contributed by atoms with Crippen molar-refractivity contribution in [1.82, 2.24) is 4.98 Å². The van der Waals surface area contributed by atoms with Gasteiger partial charge in [0.2, 0.25) is 6.79 Å². The van der Waals surface area contributed by atoms with Gasteiger partial charge in [0.05, 0.1) is 5.56 Å². The lowest BCUT2D eigenvalue weighted by atomic mass is 10.1. The predicted octanol–water partition coefficient (Wildman–Crippen LogP) is 3.59. The summed E-state index contributed by atoms with van der Waals surface area (Å²) in [6.45, 7) is 0.705. The fourth-order valence-electron chi connectivity index (χ4n) is 2.11. The van der Waals surface area contributed by atoms with Gasteiger partial charge in [0.1, 0.15) is 6.61 Å². The van der Waals surface area contributed by atoms with Crippen molar-refractivity contribution < 1.29 is 19.0 Å². The molecule has 126 valence electrons. The standard InChI is InChI=1S/C17H17NO4S2/c19-17(14-2-1-6-18-11-14)20-7-9-24-23-8-5-13-3-4-15-16(10-13)22-12-21-15/h1-4,6,10-11H,5,7-9,12H2. The number of aromatic nitrogens is 1. The van der Waals surface area contributed by atoms with E-state index in [9.17, 15) is 4.79 Å². The fraction of sp³-hybridized carbons (Fsp3) is 0.294. The van der Waals surface area contributed by atoms with E-state index in [1.807, 2.05) is 12.1 Å². The molecule has 7 heteroatoms. The van der Waals surface area contributed by atoms with E-state index in [0.717, 1.165) is 29.4 Å². The summed E-state index contributed by atoms with van der Waals surface area (Å²) in [6.07, 6.45) is 4.10. The summed E-state index contributed by atoms with van der Waals surface area (Å²) in [7, 11) is 3.47. The number of rotatable bonds is 8. The lowest BCUT2D eigenvalue weighted by molar-refractivity contribution is 0.0530. The van der Waals surface area contributed by atoms with Crippen LogP contribution in [0.2, 0.25) is 0 Å². The summed E-state index contributed by atoms with van der Waals surface area (Å²) in [5, 5.41) is 0. The van der Waals surface area contributed by atoms with Crippen molar-refractivity contribution >= 4 is 27.6 Å². The van der Waals surface area contributed by atoms with E-state index in [-0.39, 0.29) is 5.97 Å². The van der Waals surface area contributed by atoms with E-state index in [0.29, 0.717) is 19.0 Å². The number of carbonyl (C=O) groups excluding carboxylic acids is 1. The van der Waals surface area contributed by atoms with Crippen molar-refractivity contribution in [2.75, 3.05) is 24.9 Å². The molecular weight excluding hydrogens is 346 g/mol. The van der Waals surface area contributed by atoms with E-state index in [1.54, 1.807) is 39.9 Å². The van der Waals surface area contributed by atoms with Crippen LogP contribution in [0, 0.1) is 0 Å². The number of benzene rings is 1. The number of carbonyl (C=O) groups is 1. The van der Waals surface area contributed by atoms with E-state index >= 15 is 0 Å². The average molecular weight is 363 g/mol. The van der Waals surface area contributed by atoms with Gasteiger partial charge in [-0.05, 0) is 36.2 Å². The summed E-state index contributed by atoms with van der Waals surface area (Å²) in [5.41, 5.74) is 1.72. The maximum atomic E-state index is 11.7. The highest BCUT2D eigenvalue weighted by atomic mass is 33.1. The Morgan fingerprint density at radius 3 is 2.92 bits per heavy atom. The topological polar surface area (TPSA) is 57.7 Å². The number of esters is 1. The molecule has 2 aromatic rings. The van der Waals surface area contributed by atoms with Crippen LogP contribution in [0.25, 0.3) is 0 Å². The Balaban J connectivity index is 1.27. The van der Waals surface area contributed by atoms with Crippen molar-refractivity contribution in [3.05, 3.63) is 53.9 Å². The van der Waals surface area contributed by atoms with Gasteiger partial charge in [-0.3, -0.25) is 4.98 Å². The van der Waals surface area contributed by atoms with Crippen molar-refractivity contribution in [1.29, 1.82) is 0 Å². The maximum absolute atomic E-state index is 11.7. The number of hydrogen-bond acceptors (Lipinski definition) is 7. The van der Waals surface area contributed by atoms with Gasteiger partial charge in [0.25, 0.3) is 0 Å². The summed E-state index contributed by atoms with van der Waals surface area (Å²) in [5.74, 6) is 3.07. The van der Waals surface area contributed by atoms with Gasteiger partial charge < -0.3 is 14.2 Å². The van der Waals surface area contributed by atoms with E-state index in [2.05, 4.69) is 11.1 Å². The van der Waals surface area contributed by atoms with Crippen molar-refractivity contribution in [2.24, 2.45) is 0 Å². The molecule has 0 unspecified atom stereocenters. The minimum Gasteiger partial charge on any atom is -0.461 e. The fourth-order valence-corrected chi connectivity index (χ4v) is 3.98. The molecule has 0 radical (unpaired) electrons. The Hall–Kier alpha value is -1.86. The van der Waals surface area contributed by atoms with Crippen LogP contribution in [0.4, 0.5) is 0 Å². The summed E-state index contributed by atoms with van der Waals surface area (Å²) >= 11 is 0. The van der Waals surface area contributed by atoms with E-state index in [4.69, 9.17) is 14.2 Å². The SMILES string of the molecule is O=C(OCCSSCCc1ccc2c(c1)OCO2)c1cccnc1. The first kappa shape index (κ1) is 17.0. The number of fused-ring (bicyclic) bond motifs is 1. The average Bonchev–Trinajstić information content (AvgIpc) is 3.09. The molecule has 0 spiro atoms. The quantitative estimate of drug-likeness (QED) is 0.403. The monoisotopic (exact) mass is 363 g/mol. The number of ether oxygens (including phenoxy) is 3. The Morgan fingerprint density at radius 2 is 2.04 bits per heavy atom. The Bertz CT molecular complexity index is 682. The molecule has 0 aliphatic carbocycles. The third-order valence-corrected chi connectivity index (χ3v) is 5.66. The molecule has 1 aromatic carbocycles. The van der Waals surface area contributed by atoms with Crippen LogP contribution in [-0.4, -0.2) is 35.9 Å². The van der Waals surface area contributed by atoms with Gasteiger partial charge in [-0.15, -0.1) is 0 Å². The zero-order chi connectivity index (χ0) is 16.6. The van der Waals surface area contributed by atoms with Gasteiger partial charge >= 0.3 is 5.97 Å². The largest absolute Gasteiger partial charge is 0.461 e. The molecule has 0 saturated heterocycles. The smallest absolute Gasteiger partial charge is 0.339 e. The summed E-state index contributed by atoms with van der Waals surface area (Å²) in [6, 6.07) is 9.46. The first-order chi connectivity index (χ1) is 11.8. The van der Waals surface area contributed by atoms with Crippen molar-refractivity contribution in [3.63, 3.8) is 0 Å². The zero-order valence-corrected chi connectivity index (χ0v) is 14.6. The van der Waals surface area contributed by atoms with Crippen LogP contribution < -0.4 is 9.47 Å². The number of aryl methyl sites for hydroxylation is 1. The van der Waals surface area contributed by atoms with E-state index in [1.165, 1.54) is 11.8 Å². The highest BCUT2D eigenvalue weighted by Gasteiger charge is 2.12. The molecule has 0 bridgehead atoms. The van der Waals surface area contributed by atoms with Gasteiger partial charge in [0.15, 0.2) is 11.5 Å². The minimum atomic E-state index is -0.325. The first-order valence-corrected chi connectivity index (χ1v) is 10.0. The third kappa shape index (κ3) is 4.82. The van der Waals surface area contributed by atoms with Crippen LogP contribution >= 0.6 is 21.6 Å². The Kier molecular flexibility index (Phi) is 6.26. The molecule has 0 amide bonds. The molecule has 5 nitrogen and oxygen atoms in total.